The molecule has 96 valence electrons. The molecule has 0 radical (unpaired) electrons. The van der Waals surface area contributed by atoms with Gasteiger partial charge in [-0.1, -0.05) is 0 Å². The Balaban J connectivity index is 1.77. The third-order valence-corrected chi connectivity index (χ3v) is 3.97. The van der Waals surface area contributed by atoms with Crippen LogP contribution in [0, 0.1) is 11.7 Å². The lowest BCUT2D eigenvalue weighted by Gasteiger charge is -2.18. The van der Waals surface area contributed by atoms with Crippen LogP contribution in [0.3, 0.4) is 0 Å². The Labute approximate surface area is 110 Å². The van der Waals surface area contributed by atoms with Crippen LogP contribution in [-0.2, 0) is 4.79 Å². The molecular formula is C14H15FO2S. The van der Waals surface area contributed by atoms with Gasteiger partial charge in [-0.05, 0) is 42.4 Å². The number of carbonyl (C=O) groups excluding carboxylic acids is 1. The normalized spacial score (nSPS) is 19.7. The Morgan fingerprint density at radius 3 is 2.67 bits per heavy atom. The fraction of sp³-hybridized carbons (Fsp3) is 0.357. The molecule has 2 nitrogen and oxygen atoms in total. The van der Waals surface area contributed by atoms with Gasteiger partial charge < -0.3 is 5.11 Å². The molecular weight excluding hydrogens is 251 g/mol. The average molecular weight is 266 g/mol. The molecule has 0 amide bonds. The molecule has 0 heterocycles. The molecule has 0 aliphatic heterocycles. The van der Waals surface area contributed by atoms with Crippen molar-refractivity contribution in [2.75, 3.05) is 5.75 Å². The number of hydrogen-bond acceptors (Lipinski definition) is 3. The molecule has 4 heteroatoms. The molecule has 1 aromatic carbocycles. The predicted molar refractivity (Wildman–Crippen MR) is 70.2 cm³/mol. The Hall–Kier alpha value is -1.29. The summed E-state index contributed by atoms with van der Waals surface area (Å²) < 4.78 is 12.7. The molecule has 1 aliphatic carbocycles. The van der Waals surface area contributed by atoms with Gasteiger partial charge in [-0.3, -0.25) is 4.79 Å². The van der Waals surface area contributed by atoms with E-state index in [9.17, 15) is 14.3 Å². The molecule has 0 aromatic heterocycles. The smallest absolute Gasteiger partial charge is 0.159 e. The fourth-order valence-electron chi connectivity index (χ4n) is 2.03. The highest BCUT2D eigenvalue weighted by Crippen LogP contribution is 2.27. The highest BCUT2D eigenvalue weighted by Gasteiger charge is 2.19. The Morgan fingerprint density at radius 2 is 2.00 bits per heavy atom. The zero-order valence-corrected chi connectivity index (χ0v) is 10.8. The zero-order valence-electron chi connectivity index (χ0n) is 9.93. The molecule has 0 saturated heterocycles. The number of carbonyl (C=O) groups is 1. The van der Waals surface area contributed by atoms with E-state index >= 15 is 0 Å². The topological polar surface area (TPSA) is 37.3 Å². The van der Waals surface area contributed by atoms with Crippen molar-refractivity contribution in [2.24, 2.45) is 5.92 Å². The number of thioether (sulfide) groups is 1. The van der Waals surface area contributed by atoms with Gasteiger partial charge in [0, 0.05) is 23.8 Å². The number of aliphatic hydroxyl groups is 1. The molecule has 1 N–H and O–H groups in total. The van der Waals surface area contributed by atoms with Crippen LogP contribution in [0.5, 0.6) is 0 Å². The fourth-order valence-corrected chi connectivity index (χ4v) is 3.05. The highest BCUT2D eigenvalue weighted by atomic mass is 32.2. The number of ketones is 1. The van der Waals surface area contributed by atoms with Crippen LogP contribution in [0.1, 0.15) is 19.3 Å². The van der Waals surface area contributed by atoms with Gasteiger partial charge in [0.15, 0.2) is 5.78 Å². The monoisotopic (exact) mass is 266 g/mol. The molecule has 0 bridgehead atoms. The minimum Gasteiger partial charge on any atom is -0.512 e. The molecule has 1 aliphatic rings. The Morgan fingerprint density at radius 1 is 1.28 bits per heavy atom. The van der Waals surface area contributed by atoms with Crippen LogP contribution in [0.15, 0.2) is 41.0 Å². The summed E-state index contributed by atoms with van der Waals surface area (Å²) in [5.41, 5.74) is 0. The van der Waals surface area contributed by atoms with Crippen LogP contribution in [-0.4, -0.2) is 16.6 Å². The van der Waals surface area contributed by atoms with Gasteiger partial charge in [0.2, 0.25) is 0 Å². The van der Waals surface area contributed by atoms with E-state index in [0.717, 1.165) is 17.1 Å². The SMILES string of the molecule is O=C1C=C(O)CC(CCSc2ccc(F)cc2)C1. The van der Waals surface area contributed by atoms with Gasteiger partial charge in [0.25, 0.3) is 0 Å². The summed E-state index contributed by atoms with van der Waals surface area (Å²) in [6, 6.07) is 6.40. The van der Waals surface area contributed by atoms with Gasteiger partial charge in [0.05, 0.1) is 5.76 Å². The van der Waals surface area contributed by atoms with Crippen molar-refractivity contribution in [3.63, 3.8) is 0 Å². The lowest BCUT2D eigenvalue weighted by molar-refractivity contribution is -0.116. The van der Waals surface area contributed by atoms with Crippen LogP contribution in [0.25, 0.3) is 0 Å². The van der Waals surface area contributed by atoms with Crippen LogP contribution >= 0.6 is 11.8 Å². The third-order valence-electron chi connectivity index (χ3n) is 2.92. The first kappa shape index (κ1) is 13.1. The first-order chi connectivity index (χ1) is 8.63. The summed E-state index contributed by atoms with van der Waals surface area (Å²) in [7, 11) is 0. The maximum atomic E-state index is 12.7. The summed E-state index contributed by atoms with van der Waals surface area (Å²) in [6.45, 7) is 0. The number of halogens is 1. The second-order valence-corrected chi connectivity index (χ2v) is 5.64. The molecule has 1 aromatic rings. The van der Waals surface area contributed by atoms with Gasteiger partial charge >= 0.3 is 0 Å². The summed E-state index contributed by atoms with van der Waals surface area (Å²) in [4.78, 5) is 12.3. The van der Waals surface area contributed by atoms with Gasteiger partial charge in [-0.2, -0.15) is 0 Å². The van der Waals surface area contributed by atoms with E-state index in [1.165, 1.54) is 18.2 Å². The summed E-state index contributed by atoms with van der Waals surface area (Å²) in [5, 5.41) is 9.39. The largest absolute Gasteiger partial charge is 0.512 e. The zero-order chi connectivity index (χ0) is 13.0. The molecule has 1 atom stereocenters. The number of hydrogen-bond donors (Lipinski definition) is 1. The standard InChI is InChI=1S/C14H15FO2S/c15-11-1-3-14(4-2-11)18-6-5-10-7-12(16)9-13(17)8-10/h1-4,9-10,16H,5-8H2. The highest BCUT2D eigenvalue weighted by molar-refractivity contribution is 7.99. The van der Waals surface area contributed by atoms with Crippen molar-refractivity contribution in [3.05, 3.63) is 41.9 Å². The maximum absolute atomic E-state index is 12.7. The molecule has 0 fully saturated rings. The summed E-state index contributed by atoms with van der Waals surface area (Å²) in [6.07, 6.45) is 3.32. The van der Waals surface area contributed by atoms with E-state index in [1.807, 2.05) is 0 Å². The lowest BCUT2D eigenvalue weighted by atomic mass is 9.90. The molecule has 1 unspecified atom stereocenters. The average Bonchev–Trinajstić information content (AvgIpc) is 2.30. The van der Waals surface area contributed by atoms with Crippen molar-refractivity contribution < 1.29 is 14.3 Å². The van der Waals surface area contributed by atoms with E-state index < -0.39 is 0 Å². The van der Waals surface area contributed by atoms with E-state index in [1.54, 1.807) is 23.9 Å². The maximum Gasteiger partial charge on any atom is 0.159 e. The Kier molecular flexibility index (Phi) is 4.42. The minimum atomic E-state index is -0.229. The van der Waals surface area contributed by atoms with Crippen molar-refractivity contribution in [3.8, 4) is 0 Å². The molecule has 0 spiro atoms. The van der Waals surface area contributed by atoms with Crippen molar-refractivity contribution in [1.82, 2.24) is 0 Å². The quantitative estimate of drug-likeness (QED) is 0.844. The van der Waals surface area contributed by atoms with E-state index in [-0.39, 0.29) is 23.3 Å². The first-order valence-electron chi connectivity index (χ1n) is 5.94. The van der Waals surface area contributed by atoms with Crippen molar-refractivity contribution >= 4 is 17.5 Å². The molecule has 18 heavy (non-hydrogen) atoms. The van der Waals surface area contributed by atoms with Gasteiger partial charge in [-0.15, -0.1) is 11.8 Å². The van der Waals surface area contributed by atoms with Crippen LogP contribution in [0.4, 0.5) is 4.39 Å². The van der Waals surface area contributed by atoms with E-state index in [0.29, 0.717) is 12.8 Å². The minimum absolute atomic E-state index is 0.00975. The lowest BCUT2D eigenvalue weighted by Crippen LogP contribution is -2.14. The van der Waals surface area contributed by atoms with E-state index in [2.05, 4.69) is 0 Å². The summed E-state index contributed by atoms with van der Waals surface area (Å²) in [5.74, 6) is 1.08. The first-order valence-corrected chi connectivity index (χ1v) is 6.93. The summed E-state index contributed by atoms with van der Waals surface area (Å²) >= 11 is 1.65. The second kappa shape index (κ2) is 6.05. The van der Waals surface area contributed by atoms with Crippen molar-refractivity contribution in [1.29, 1.82) is 0 Å². The molecule has 2 rings (SSSR count). The van der Waals surface area contributed by atoms with Crippen LogP contribution < -0.4 is 0 Å². The predicted octanol–water partition coefficient (Wildman–Crippen LogP) is 3.73. The number of allylic oxidation sites excluding steroid dienone is 2. The van der Waals surface area contributed by atoms with Gasteiger partial charge in [0.1, 0.15) is 5.82 Å². The van der Waals surface area contributed by atoms with Crippen molar-refractivity contribution in [2.45, 2.75) is 24.2 Å². The number of benzene rings is 1. The van der Waals surface area contributed by atoms with Gasteiger partial charge in [-0.25, -0.2) is 4.39 Å². The third kappa shape index (κ3) is 3.88. The molecule has 0 saturated carbocycles. The Bertz CT molecular complexity index is 453. The second-order valence-electron chi connectivity index (χ2n) is 4.47. The van der Waals surface area contributed by atoms with E-state index in [4.69, 9.17) is 0 Å². The number of rotatable bonds is 4. The van der Waals surface area contributed by atoms with Crippen LogP contribution in [0.2, 0.25) is 0 Å². The number of aliphatic hydroxyl groups excluding tert-OH is 1.